The molecule has 0 radical (unpaired) electrons. The fraction of sp³-hybridized carbons (Fsp3) is 0.381. The molecule has 0 N–H and O–H groups in total. The summed E-state index contributed by atoms with van der Waals surface area (Å²) >= 11 is 0. The highest BCUT2D eigenvalue weighted by Gasteiger charge is 2.29. The van der Waals surface area contributed by atoms with Gasteiger partial charge in [0.1, 0.15) is 0 Å². The molecule has 0 aromatic heterocycles. The van der Waals surface area contributed by atoms with E-state index in [0.29, 0.717) is 5.56 Å². The first-order valence-corrected chi connectivity index (χ1v) is 10.9. The maximum atomic E-state index is 13.2. The average molecular weight is 372 g/mol. The number of amides is 1. The fourth-order valence-corrected chi connectivity index (χ4v) is 4.23. The first kappa shape index (κ1) is 18.6. The van der Waals surface area contributed by atoms with Gasteiger partial charge in [0, 0.05) is 24.4 Å². The van der Waals surface area contributed by atoms with Crippen LogP contribution >= 0.6 is 0 Å². The van der Waals surface area contributed by atoms with Crippen molar-refractivity contribution in [2.24, 2.45) is 0 Å². The highest BCUT2D eigenvalue weighted by molar-refractivity contribution is 7.90. The molecule has 2 aromatic carbocycles. The zero-order valence-corrected chi connectivity index (χ0v) is 16.1. The molecule has 1 amide bonds. The Morgan fingerprint density at radius 2 is 1.85 bits per heavy atom. The highest BCUT2D eigenvalue weighted by Crippen LogP contribution is 2.25. The molecule has 0 aliphatic carbocycles. The maximum absolute atomic E-state index is 13.2. The second-order valence-corrected chi connectivity index (χ2v) is 9.10. The Labute approximate surface area is 155 Å². The van der Waals surface area contributed by atoms with Crippen LogP contribution in [0.25, 0.3) is 0 Å². The summed E-state index contributed by atoms with van der Waals surface area (Å²) in [6.07, 6.45) is 5.08. The van der Waals surface area contributed by atoms with E-state index in [0.717, 1.165) is 37.8 Å². The summed E-state index contributed by atoms with van der Waals surface area (Å²) < 4.78 is 23.8. The number of hydrogen-bond acceptors (Lipinski definition) is 3. The molecule has 1 aliphatic rings. The van der Waals surface area contributed by atoms with Crippen LogP contribution in [0.3, 0.4) is 0 Å². The lowest BCUT2D eigenvalue weighted by atomic mass is 9.94. The van der Waals surface area contributed by atoms with Crippen LogP contribution in [0.5, 0.6) is 0 Å². The number of rotatable bonds is 4. The van der Waals surface area contributed by atoms with E-state index in [4.69, 9.17) is 0 Å². The molecule has 0 saturated carbocycles. The quantitative estimate of drug-likeness (QED) is 0.825. The molecule has 26 heavy (non-hydrogen) atoms. The molecular formula is C21H25NO3S. The van der Waals surface area contributed by atoms with Crippen LogP contribution in [0, 0.1) is 6.92 Å². The SMILES string of the molecule is Cc1ccc(S(C)(=O)=O)cc1C(=O)N1CCCCC1Cc1ccccc1. The van der Waals surface area contributed by atoms with Gasteiger partial charge in [0.2, 0.25) is 0 Å². The van der Waals surface area contributed by atoms with E-state index in [2.05, 4.69) is 12.1 Å². The van der Waals surface area contributed by atoms with E-state index in [1.54, 1.807) is 12.1 Å². The summed E-state index contributed by atoms with van der Waals surface area (Å²) in [6.45, 7) is 2.58. The van der Waals surface area contributed by atoms with Gasteiger partial charge < -0.3 is 4.90 Å². The molecule has 0 bridgehead atoms. The van der Waals surface area contributed by atoms with Gasteiger partial charge in [-0.15, -0.1) is 0 Å². The van der Waals surface area contributed by atoms with Crippen LogP contribution < -0.4 is 0 Å². The molecule has 1 atom stereocenters. The lowest BCUT2D eigenvalue weighted by molar-refractivity contribution is 0.0612. The van der Waals surface area contributed by atoms with Gasteiger partial charge in [0.15, 0.2) is 9.84 Å². The monoisotopic (exact) mass is 371 g/mol. The van der Waals surface area contributed by atoms with Gasteiger partial charge in [0.05, 0.1) is 4.90 Å². The zero-order chi connectivity index (χ0) is 18.7. The predicted octanol–water partition coefficient (Wildman–Crippen LogP) is 3.64. The van der Waals surface area contributed by atoms with Crippen molar-refractivity contribution in [3.8, 4) is 0 Å². The van der Waals surface area contributed by atoms with Crippen molar-refractivity contribution < 1.29 is 13.2 Å². The fourth-order valence-electron chi connectivity index (χ4n) is 3.58. The normalized spacial score (nSPS) is 17.9. The van der Waals surface area contributed by atoms with E-state index >= 15 is 0 Å². The Morgan fingerprint density at radius 3 is 2.54 bits per heavy atom. The summed E-state index contributed by atoms with van der Waals surface area (Å²) in [5.41, 5.74) is 2.53. The topological polar surface area (TPSA) is 54.5 Å². The van der Waals surface area contributed by atoms with Crippen molar-refractivity contribution in [3.05, 3.63) is 65.2 Å². The van der Waals surface area contributed by atoms with E-state index in [9.17, 15) is 13.2 Å². The van der Waals surface area contributed by atoms with Crippen molar-refractivity contribution in [1.82, 2.24) is 4.90 Å². The molecule has 5 heteroatoms. The molecule has 1 fully saturated rings. The molecule has 0 spiro atoms. The van der Waals surface area contributed by atoms with Crippen molar-refractivity contribution >= 4 is 15.7 Å². The minimum absolute atomic E-state index is 0.0615. The number of carbonyl (C=O) groups is 1. The third-order valence-corrected chi connectivity index (χ3v) is 6.18. The second kappa shape index (κ2) is 7.62. The van der Waals surface area contributed by atoms with Crippen LogP contribution in [0.15, 0.2) is 53.4 Å². The Morgan fingerprint density at radius 1 is 1.12 bits per heavy atom. The van der Waals surface area contributed by atoms with E-state index < -0.39 is 9.84 Å². The Hall–Kier alpha value is -2.14. The van der Waals surface area contributed by atoms with Gasteiger partial charge in [-0.2, -0.15) is 0 Å². The highest BCUT2D eigenvalue weighted by atomic mass is 32.2. The predicted molar refractivity (Wildman–Crippen MR) is 103 cm³/mol. The Balaban J connectivity index is 1.89. The lowest BCUT2D eigenvalue weighted by Crippen LogP contribution is -2.45. The van der Waals surface area contributed by atoms with E-state index in [1.807, 2.05) is 30.0 Å². The molecule has 3 rings (SSSR count). The first-order chi connectivity index (χ1) is 12.4. The van der Waals surface area contributed by atoms with E-state index in [1.165, 1.54) is 17.9 Å². The Bertz CT molecular complexity index is 891. The summed E-state index contributed by atoms with van der Waals surface area (Å²) in [5.74, 6) is -0.0615. The number of hydrogen-bond donors (Lipinski definition) is 0. The summed E-state index contributed by atoms with van der Waals surface area (Å²) in [6, 6.07) is 15.2. The van der Waals surface area contributed by atoms with Gasteiger partial charge in [-0.1, -0.05) is 36.4 Å². The van der Waals surface area contributed by atoms with Crippen molar-refractivity contribution in [2.75, 3.05) is 12.8 Å². The van der Waals surface area contributed by atoms with Crippen molar-refractivity contribution in [1.29, 1.82) is 0 Å². The zero-order valence-electron chi connectivity index (χ0n) is 15.3. The van der Waals surface area contributed by atoms with Crippen LogP contribution in [0.2, 0.25) is 0 Å². The van der Waals surface area contributed by atoms with E-state index in [-0.39, 0.29) is 16.8 Å². The van der Waals surface area contributed by atoms with Gasteiger partial charge in [-0.3, -0.25) is 4.79 Å². The number of nitrogens with zero attached hydrogens (tertiary/aromatic N) is 1. The second-order valence-electron chi connectivity index (χ2n) is 7.09. The minimum Gasteiger partial charge on any atom is -0.335 e. The standard InChI is InChI=1S/C21H25NO3S/c1-16-11-12-19(26(2,24)25)15-20(16)21(23)22-13-7-6-10-18(22)14-17-8-4-3-5-9-17/h3-5,8-9,11-12,15,18H,6-7,10,13-14H2,1-2H3. The number of benzene rings is 2. The van der Waals surface area contributed by atoms with Crippen LogP contribution in [0.4, 0.5) is 0 Å². The molecule has 2 aromatic rings. The van der Waals surface area contributed by atoms with Crippen molar-refractivity contribution in [3.63, 3.8) is 0 Å². The van der Waals surface area contributed by atoms with Gasteiger partial charge in [0.25, 0.3) is 5.91 Å². The summed E-state index contributed by atoms with van der Waals surface area (Å²) in [4.78, 5) is 15.4. The number of likely N-dealkylation sites (tertiary alicyclic amines) is 1. The van der Waals surface area contributed by atoms with Crippen LogP contribution in [-0.4, -0.2) is 38.1 Å². The molecule has 1 heterocycles. The summed E-state index contributed by atoms with van der Waals surface area (Å²) in [5, 5.41) is 0. The van der Waals surface area contributed by atoms with Gasteiger partial charge in [-0.25, -0.2) is 8.42 Å². The summed E-state index contributed by atoms with van der Waals surface area (Å²) in [7, 11) is -3.34. The maximum Gasteiger partial charge on any atom is 0.254 e. The largest absolute Gasteiger partial charge is 0.335 e. The number of sulfone groups is 1. The third-order valence-electron chi connectivity index (χ3n) is 5.07. The number of carbonyl (C=O) groups excluding carboxylic acids is 1. The number of aryl methyl sites for hydroxylation is 1. The Kier molecular flexibility index (Phi) is 5.47. The molecule has 4 nitrogen and oxygen atoms in total. The molecule has 1 unspecified atom stereocenters. The molecule has 1 saturated heterocycles. The lowest BCUT2D eigenvalue weighted by Gasteiger charge is -2.36. The first-order valence-electron chi connectivity index (χ1n) is 9.02. The minimum atomic E-state index is -3.34. The smallest absolute Gasteiger partial charge is 0.254 e. The molecule has 138 valence electrons. The van der Waals surface area contributed by atoms with Gasteiger partial charge in [-0.05, 0) is 55.9 Å². The molecular weight excluding hydrogens is 346 g/mol. The molecule has 1 aliphatic heterocycles. The third kappa shape index (κ3) is 4.15. The van der Waals surface area contributed by atoms with Gasteiger partial charge >= 0.3 is 0 Å². The van der Waals surface area contributed by atoms with Crippen LogP contribution in [0.1, 0.15) is 40.7 Å². The van der Waals surface area contributed by atoms with Crippen LogP contribution in [-0.2, 0) is 16.3 Å². The number of piperidine rings is 1. The average Bonchev–Trinajstić information content (AvgIpc) is 2.62. The van der Waals surface area contributed by atoms with Crippen molar-refractivity contribution in [2.45, 2.75) is 43.5 Å².